The normalized spacial score (nSPS) is 13.6. The third kappa shape index (κ3) is 5.56. The van der Waals surface area contributed by atoms with Crippen LogP contribution in [0.2, 0.25) is 0 Å². The van der Waals surface area contributed by atoms with Crippen LogP contribution in [-0.2, 0) is 0 Å². The van der Waals surface area contributed by atoms with Crippen LogP contribution in [0.1, 0.15) is 44.7 Å². The molecule has 0 heterocycles. The maximum atomic E-state index is 9.63. The van der Waals surface area contributed by atoms with Gasteiger partial charge in [-0.25, -0.2) is 0 Å². The van der Waals surface area contributed by atoms with Crippen LogP contribution in [-0.4, -0.2) is 0 Å². The zero-order chi connectivity index (χ0) is 34.1. The molecule has 0 spiro atoms. The van der Waals surface area contributed by atoms with Gasteiger partial charge in [0.2, 0.25) is 0 Å². The Morgan fingerprint density at radius 1 is 0.592 bits per heavy atom. The molecule has 4 heteroatoms. The summed E-state index contributed by atoms with van der Waals surface area (Å²) in [5.41, 5.74) is 13.3. The predicted molar refractivity (Wildman–Crippen MR) is 204 cm³/mol. The molecule has 0 radical (unpaired) electrons. The summed E-state index contributed by atoms with van der Waals surface area (Å²) in [5, 5.41) is 26.2. The van der Waals surface area contributed by atoms with Gasteiger partial charge in [-0.15, -0.1) is 0 Å². The second-order valence-corrected chi connectivity index (χ2v) is 12.3. The molecule has 6 aromatic carbocycles. The summed E-state index contributed by atoms with van der Waals surface area (Å²) in [7, 11) is 0. The van der Waals surface area contributed by atoms with Crippen molar-refractivity contribution < 1.29 is 0 Å². The molecule has 6 aromatic rings. The summed E-state index contributed by atoms with van der Waals surface area (Å²) >= 11 is 0. The highest BCUT2D eigenvalue weighted by atomic mass is 15.2. The summed E-state index contributed by atoms with van der Waals surface area (Å²) in [6, 6.07) is 38.7. The Morgan fingerprint density at radius 3 is 1.71 bits per heavy atom. The third-order valence-corrected chi connectivity index (χ3v) is 9.30. The van der Waals surface area contributed by atoms with Gasteiger partial charge in [-0.05, 0) is 115 Å². The summed E-state index contributed by atoms with van der Waals surface area (Å²) in [5.74, 6) is 0. The Kier molecular flexibility index (Phi) is 8.34. The van der Waals surface area contributed by atoms with E-state index in [-0.39, 0.29) is 0 Å². The Hall–Kier alpha value is -6.32. The Balaban J connectivity index is 0.00000186. The molecule has 0 aromatic heterocycles. The van der Waals surface area contributed by atoms with Gasteiger partial charge in [0.1, 0.15) is 6.07 Å². The molecule has 0 bridgehead atoms. The molecule has 0 unspecified atom stereocenters. The van der Waals surface area contributed by atoms with E-state index >= 15 is 0 Å². The van der Waals surface area contributed by atoms with Gasteiger partial charge in [0.15, 0.2) is 0 Å². The molecular formula is C45H36N4. The molecule has 0 N–H and O–H groups in total. The summed E-state index contributed by atoms with van der Waals surface area (Å²) < 4.78 is 0. The molecule has 0 saturated heterocycles. The Bertz CT molecular complexity index is 2470. The first kappa shape index (κ1) is 31.3. The van der Waals surface area contributed by atoms with E-state index in [2.05, 4.69) is 126 Å². The van der Waals surface area contributed by atoms with E-state index in [0.717, 1.165) is 46.7 Å². The SMILES string of the molecule is CC.CC1=CC=C(N(c2ccc(C#N)cc2)c2ccc3ccc4c(N(C5=C=C(C#N)C=C5)c5ccc(C)cc5)ccc5ccc2c3c54)CC1. The van der Waals surface area contributed by atoms with Crippen LogP contribution in [0.25, 0.3) is 32.3 Å². The number of nitrogens with zero attached hydrogens (tertiary/aromatic N) is 4. The zero-order valence-electron chi connectivity index (χ0n) is 28.3. The van der Waals surface area contributed by atoms with Gasteiger partial charge in [0, 0.05) is 27.8 Å². The topological polar surface area (TPSA) is 54.1 Å². The Labute approximate surface area is 288 Å². The van der Waals surface area contributed by atoms with Crippen molar-refractivity contribution in [1.82, 2.24) is 0 Å². The van der Waals surface area contributed by atoms with Crippen molar-refractivity contribution in [1.29, 1.82) is 10.5 Å². The monoisotopic (exact) mass is 632 g/mol. The summed E-state index contributed by atoms with van der Waals surface area (Å²) in [4.78, 5) is 4.56. The minimum Gasteiger partial charge on any atom is -0.314 e. The first-order chi connectivity index (χ1) is 24.0. The number of hydrogen-bond acceptors (Lipinski definition) is 4. The van der Waals surface area contributed by atoms with Crippen LogP contribution in [0, 0.1) is 29.6 Å². The van der Waals surface area contributed by atoms with Gasteiger partial charge in [0.05, 0.1) is 34.3 Å². The largest absolute Gasteiger partial charge is 0.314 e. The molecule has 0 aliphatic heterocycles. The molecule has 0 amide bonds. The van der Waals surface area contributed by atoms with E-state index in [4.69, 9.17) is 0 Å². The van der Waals surface area contributed by atoms with E-state index in [9.17, 15) is 10.5 Å². The van der Waals surface area contributed by atoms with E-state index in [0.29, 0.717) is 11.1 Å². The van der Waals surface area contributed by atoms with Crippen molar-refractivity contribution in [2.45, 2.75) is 40.5 Å². The van der Waals surface area contributed by atoms with Gasteiger partial charge in [-0.2, -0.15) is 10.5 Å². The van der Waals surface area contributed by atoms with Crippen molar-refractivity contribution in [3.05, 3.63) is 161 Å². The van der Waals surface area contributed by atoms with Crippen molar-refractivity contribution in [3.8, 4) is 12.1 Å². The highest BCUT2D eigenvalue weighted by Gasteiger charge is 2.23. The third-order valence-electron chi connectivity index (χ3n) is 9.30. The van der Waals surface area contributed by atoms with Crippen LogP contribution in [0.15, 0.2) is 150 Å². The fourth-order valence-corrected chi connectivity index (χ4v) is 6.90. The number of hydrogen-bond donors (Lipinski definition) is 0. The summed E-state index contributed by atoms with van der Waals surface area (Å²) in [6.45, 7) is 8.27. The zero-order valence-corrected chi connectivity index (χ0v) is 28.3. The van der Waals surface area contributed by atoms with Gasteiger partial charge in [0.25, 0.3) is 0 Å². The molecule has 2 aliphatic carbocycles. The maximum Gasteiger partial charge on any atom is 0.108 e. The fourth-order valence-electron chi connectivity index (χ4n) is 6.90. The fraction of sp³-hybridized carbons (Fsp3) is 0.133. The second-order valence-electron chi connectivity index (χ2n) is 12.3. The number of rotatable bonds is 6. The van der Waals surface area contributed by atoms with Crippen molar-refractivity contribution in [2.75, 3.05) is 9.80 Å². The first-order valence-corrected chi connectivity index (χ1v) is 16.9. The lowest BCUT2D eigenvalue weighted by Crippen LogP contribution is -2.18. The average molecular weight is 633 g/mol. The van der Waals surface area contributed by atoms with Crippen LogP contribution in [0.5, 0.6) is 0 Å². The van der Waals surface area contributed by atoms with E-state index in [1.165, 1.54) is 43.8 Å². The van der Waals surface area contributed by atoms with E-state index in [1.54, 1.807) is 0 Å². The second kappa shape index (κ2) is 13.1. The van der Waals surface area contributed by atoms with Gasteiger partial charge in [-0.3, -0.25) is 0 Å². The van der Waals surface area contributed by atoms with Crippen molar-refractivity contribution in [2.24, 2.45) is 0 Å². The first-order valence-electron chi connectivity index (χ1n) is 16.9. The minimum absolute atomic E-state index is 0.518. The highest BCUT2D eigenvalue weighted by molar-refractivity contribution is 6.27. The molecular weight excluding hydrogens is 597 g/mol. The molecule has 2 aliphatic rings. The minimum atomic E-state index is 0.518. The molecule has 8 rings (SSSR count). The Morgan fingerprint density at radius 2 is 1.16 bits per heavy atom. The number of nitriles is 2. The van der Waals surface area contributed by atoms with Gasteiger partial charge in [-0.1, -0.05) is 85.3 Å². The van der Waals surface area contributed by atoms with Gasteiger partial charge >= 0.3 is 0 Å². The van der Waals surface area contributed by atoms with Crippen molar-refractivity contribution >= 4 is 55.1 Å². The number of aryl methyl sites for hydroxylation is 1. The standard InChI is InChI=1S/C43H30N4.C2H6/c1-28-3-14-34(15-4-28)46(36-18-7-30(26-44)8-19-36)40-23-12-32-11-22-39-41(24-13-33-10-21-38(40)42(32)43(33)39)47(35-16-5-29(2)6-17-35)37-20-9-31(25-37)27-45;1-2/h3,5-14,16-24H,4,15H2,1-2H3;1-2H3. The lowest BCUT2D eigenvalue weighted by Gasteiger charge is -2.31. The lowest BCUT2D eigenvalue weighted by molar-refractivity contribution is 0.876. The lowest BCUT2D eigenvalue weighted by atomic mass is 9.91. The van der Waals surface area contributed by atoms with Crippen LogP contribution in [0.4, 0.5) is 22.7 Å². The highest BCUT2D eigenvalue weighted by Crippen LogP contribution is 2.46. The van der Waals surface area contributed by atoms with Crippen LogP contribution < -0.4 is 9.80 Å². The van der Waals surface area contributed by atoms with Crippen LogP contribution in [0.3, 0.4) is 0 Å². The predicted octanol–water partition coefficient (Wildman–Crippen LogP) is 12.2. The van der Waals surface area contributed by atoms with E-state index < -0.39 is 0 Å². The maximum absolute atomic E-state index is 9.63. The number of benzene rings is 6. The number of anilines is 4. The molecule has 4 nitrogen and oxygen atoms in total. The quantitative estimate of drug-likeness (QED) is 0.135. The summed E-state index contributed by atoms with van der Waals surface area (Å²) in [6.07, 6.45) is 10.2. The molecule has 236 valence electrons. The molecule has 0 atom stereocenters. The van der Waals surface area contributed by atoms with Crippen LogP contribution >= 0.6 is 0 Å². The van der Waals surface area contributed by atoms with Gasteiger partial charge < -0.3 is 9.80 Å². The molecule has 0 saturated carbocycles. The molecule has 0 fully saturated rings. The smallest absolute Gasteiger partial charge is 0.108 e. The average Bonchev–Trinajstić information content (AvgIpc) is 3.63. The molecule has 49 heavy (non-hydrogen) atoms. The van der Waals surface area contributed by atoms with E-state index in [1.807, 2.05) is 50.3 Å². The number of allylic oxidation sites excluding steroid dienone is 6. The van der Waals surface area contributed by atoms with Crippen molar-refractivity contribution in [3.63, 3.8) is 0 Å².